The Morgan fingerprint density at radius 2 is 1.90 bits per heavy atom. The molecule has 2 aliphatic carbocycles. The number of ether oxygens (including phenoxy) is 1. The zero-order chi connectivity index (χ0) is 15.2. The Hall–Kier alpha value is -0.353. The largest absolute Gasteiger partial charge is 0.469 e. The molecule has 0 heterocycles. The molecule has 20 heavy (non-hydrogen) atoms. The molecule has 4 heteroatoms. The van der Waals surface area contributed by atoms with Crippen LogP contribution in [0, 0.1) is 11.8 Å². The van der Waals surface area contributed by atoms with Gasteiger partial charge in [0.25, 0.3) is 0 Å². The number of hydrogen-bond acceptors (Lipinski definition) is 3. The first kappa shape index (κ1) is 16.0. The highest BCUT2D eigenvalue weighted by Gasteiger charge is 2.62. The van der Waals surface area contributed by atoms with Gasteiger partial charge < -0.3 is 9.16 Å². The monoisotopic (exact) mass is 298 g/mol. The lowest BCUT2D eigenvalue weighted by Gasteiger charge is -2.60. The first-order valence-corrected chi connectivity index (χ1v) is 10.8. The van der Waals surface area contributed by atoms with Gasteiger partial charge in [0.2, 0.25) is 0 Å². The van der Waals surface area contributed by atoms with Gasteiger partial charge in [0, 0.05) is 0 Å². The number of fused-ring (bicyclic) bond motifs is 1. The van der Waals surface area contributed by atoms with Crippen LogP contribution in [0.1, 0.15) is 52.9 Å². The summed E-state index contributed by atoms with van der Waals surface area (Å²) < 4.78 is 11.8. The summed E-state index contributed by atoms with van der Waals surface area (Å²) in [6, 6.07) is 0. The lowest BCUT2D eigenvalue weighted by molar-refractivity contribution is -0.192. The molecule has 116 valence electrons. The zero-order valence-corrected chi connectivity index (χ0v) is 14.9. The topological polar surface area (TPSA) is 35.5 Å². The maximum absolute atomic E-state index is 12.1. The van der Waals surface area contributed by atoms with Gasteiger partial charge in [-0.2, -0.15) is 0 Å². The van der Waals surface area contributed by atoms with Crippen molar-refractivity contribution in [1.82, 2.24) is 0 Å². The Labute approximate surface area is 124 Å². The highest BCUT2D eigenvalue weighted by atomic mass is 28.4. The van der Waals surface area contributed by atoms with E-state index in [1.165, 1.54) is 26.4 Å². The highest BCUT2D eigenvalue weighted by Crippen LogP contribution is 2.58. The minimum absolute atomic E-state index is 0.0353. The van der Waals surface area contributed by atoms with Gasteiger partial charge in [0.15, 0.2) is 8.32 Å². The molecule has 0 aromatic carbocycles. The fourth-order valence-corrected chi connectivity index (χ4v) is 5.28. The van der Waals surface area contributed by atoms with E-state index in [0.717, 1.165) is 12.8 Å². The molecule has 2 fully saturated rings. The predicted octanol–water partition coefficient (Wildman–Crippen LogP) is 4.13. The second-order valence-electron chi connectivity index (χ2n) is 8.07. The molecule has 0 amide bonds. The maximum Gasteiger partial charge on any atom is 0.311 e. The normalized spacial score (nSPS) is 34.1. The van der Waals surface area contributed by atoms with E-state index in [4.69, 9.17) is 9.16 Å². The summed E-state index contributed by atoms with van der Waals surface area (Å²) in [5.74, 6) is 0.461. The van der Waals surface area contributed by atoms with Crippen LogP contribution in [0.4, 0.5) is 0 Å². The summed E-state index contributed by atoms with van der Waals surface area (Å²) in [5.41, 5.74) is -0.214. The lowest BCUT2D eigenvalue weighted by Crippen LogP contribution is -2.66. The van der Waals surface area contributed by atoms with Crippen molar-refractivity contribution >= 4 is 14.3 Å². The molecule has 3 nitrogen and oxygen atoms in total. The van der Waals surface area contributed by atoms with Gasteiger partial charge in [-0.1, -0.05) is 33.6 Å². The number of hydrogen-bond donors (Lipinski definition) is 0. The van der Waals surface area contributed by atoms with Crippen molar-refractivity contribution in [3.05, 3.63) is 0 Å². The Balaban J connectivity index is 2.25. The van der Waals surface area contributed by atoms with Crippen LogP contribution in [0.2, 0.25) is 18.1 Å². The van der Waals surface area contributed by atoms with E-state index in [9.17, 15) is 4.79 Å². The number of carbonyl (C=O) groups is 1. The zero-order valence-electron chi connectivity index (χ0n) is 13.9. The van der Waals surface area contributed by atoms with Gasteiger partial charge in [-0.05, 0) is 43.3 Å². The van der Waals surface area contributed by atoms with E-state index in [1.807, 2.05) is 0 Å². The maximum atomic E-state index is 12.1. The van der Waals surface area contributed by atoms with Gasteiger partial charge in [-0.25, -0.2) is 0 Å². The summed E-state index contributed by atoms with van der Waals surface area (Å²) in [5, 5.41) is 0.181. The number of rotatable bonds is 3. The van der Waals surface area contributed by atoms with Gasteiger partial charge in [-0.3, -0.25) is 4.79 Å². The van der Waals surface area contributed by atoms with Crippen molar-refractivity contribution in [2.75, 3.05) is 7.11 Å². The van der Waals surface area contributed by atoms with E-state index < -0.39 is 8.32 Å². The van der Waals surface area contributed by atoms with Crippen molar-refractivity contribution in [3.63, 3.8) is 0 Å². The van der Waals surface area contributed by atoms with Crippen LogP contribution in [0.5, 0.6) is 0 Å². The van der Waals surface area contributed by atoms with Crippen molar-refractivity contribution in [2.24, 2.45) is 11.8 Å². The van der Waals surface area contributed by atoms with Gasteiger partial charge in [-0.15, -0.1) is 0 Å². The molecule has 0 aliphatic heterocycles. The van der Waals surface area contributed by atoms with E-state index >= 15 is 0 Å². The van der Waals surface area contributed by atoms with Crippen LogP contribution < -0.4 is 0 Å². The van der Waals surface area contributed by atoms with Crippen LogP contribution in [0.25, 0.3) is 0 Å². The third-order valence-electron chi connectivity index (χ3n) is 5.91. The van der Waals surface area contributed by atoms with Crippen LogP contribution in [0.15, 0.2) is 0 Å². The SMILES string of the molecule is COC(=O)C1C[C@@H]2CCCC[C@]12O[Si](C)(C)C(C)(C)C. The molecule has 2 aliphatic rings. The standard InChI is InChI=1S/C16H30O3Si/c1-15(2,3)20(5,6)19-16-10-8-7-9-12(16)11-13(16)14(17)18-4/h12-13H,7-11H2,1-6H3/t12-,13?,16+/m0/s1. The summed E-state index contributed by atoms with van der Waals surface area (Å²) in [4.78, 5) is 12.1. The average Bonchev–Trinajstić information content (AvgIpc) is 2.31. The highest BCUT2D eigenvalue weighted by molar-refractivity contribution is 6.74. The predicted molar refractivity (Wildman–Crippen MR) is 83.1 cm³/mol. The molecule has 2 saturated carbocycles. The average molecular weight is 298 g/mol. The van der Waals surface area contributed by atoms with Crippen molar-refractivity contribution in [2.45, 2.75) is 76.6 Å². The molecule has 0 spiro atoms. The molecule has 3 atom stereocenters. The molecular weight excluding hydrogens is 268 g/mol. The van der Waals surface area contributed by atoms with Crippen molar-refractivity contribution < 1.29 is 14.0 Å². The Morgan fingerprint density at radius 1 is 1.25 bits per heavy atom. The van der Waals surface area contributed by atoms with Crippen LogP contribution in [0.3, 0.4) is 0 Å². The van der Waals surface area contributed by atoms with E-state index in [0.29, 0.717) is 5.92 Å². The molecule has 0 N–H and O–H groups in total. The quantitative estimate of drug-likeness (QED) is 0.580. The fourth-order valence-electron chi connectivity index (χ4n) is 3.61. The minimum atomic E-state index is -1.86. The number of carbonyl (C=O) groups excluding carboxylic acids is 1. The Bertz CT molecular complexity index is 386. The van der Waals surface area contributed by atoms with Gasteiger partial charge in [0.1, 0.15) is 0 Å². The summed E-state index contributed by atoms with van der Waals surface area (Å²) in [6.45, 7) is 11.4. The molecule has 1 unspecified atom stereocenters. The molecule has 0 aromatic rings. The molecule has 2 rings (SSSR count). The second-order valence-corrected chi connectivity index (χ2v) is 12.8. The van der Waals surface area contributed by atoms with Crippen molar-refractivity contribution in [1.29, 1.82) is 0 Å². The third kappa shape index (κ3) is 2.45. The smallest absolute Gasteiger partial charge is 0.311 e. The molecule has 0 aromatic heterocycles. The first-order valence-electron chi connectivity index (χ1n) is 7.92. The third-order valence-corrected chi connectivity index (χ3v) is 10.4. The van der Waals surface area contributed by atoms with E-state index in [-0.39, 0.29) is 22.5 Å². The van der Waals surface area contributed by atoms with E-state index in [2.05, 4.69) is 33.9 Å². The first-order chi connectivity index (χ1) is 9.14. The fraction of sp³-hybridized carbons (Fsp3) is 0.938. The molecule has 0 radical (unpaired) electrons. The van der Waals surface area contributed by atoms with Crippen LogP contribution in [-0.2, 0) is 14.0 Å². The molecule has 0 bridgehead atoms. The molecule has 0 saturated heterocycles. The summed E-state index contributed by atoms with van der Waals surface area (Å²) >= 11 is 0. The summed E-state index contributed by atoms with van der Waals surface area (Å²) in [6.07, 6.45) is 5.66. The van der Waals surface area contributed by atoms with Gasteiger partial charge in [0.05, 0.1) is 18.6 Å². The lowest BCUT2D eigenvalue weighted by atomic mass is 9.55. The number of methoxy groups -OCH3 is 1. The minimum Gasteiger partial charge on any atom is -0.469 e. The Morgan fingerprint density at radius 3 is 2.40 bits per heavy atom. The summed E-state index contributed by atoms with van der Waals surface area (Å²) in [7, 11) is -0.365. The number of esters is 1. The Kier molecular flexibility index (Phi) is 4.11. The van der Waals surface area contributed by atoms with Crippen LogP contribution >= 0.6 is 0 Å². The second kappa shape index (κ2) is 5.13. The van der Waals surface area contributed by atoms with Crippen molar-refractivity contribution in [3.8, 4) is 0 Å². The van der Waals surface area contributed by atoms with E-state index in [1.54, 1.807) is 0 Å². The molecular formula is C16H30O3Si. The van der Waals surface area contributed by atoms with Gasteiger partial charge >= 0.3 is 5.97 Å². The van der Waals surface area contributed by atoms with Crippen LogP contribution in [-0.4, -0.2) is 27.0 Å².